The second-order valence-corrected chi connectivity index (χ2v) is 4.21. The molecule has 0 unspecified atom stereocenters. The van der Waals surface area contributed by atoms with Crippen LogP contribution in [0.1, 0.15) is 25.3 Å². The lowest BCUT2D eigenvalue weighted by Crippen LogP contribution is -1.99. The van der Waals surface area contributed by atoms with E-state index in [1.165, 1.54) is 5.56 Å². The average Bonchev–Trinajstić information content (AvgIpc) is 2.29. The first-order valence-corrected chi connectivity index (χ1v) is 5.60. The largest absolute Gasteiger partial charge is 0.384 e. The van der Waals surface area contributed by atoms with Gasteiger partial charge in [0.2, 0.25) is 5.95 Å². The van der Waals surface area contributed by atoms with Gasteiger partial charge in [0.25, 0.3) is 0 Å². The van der Waals surface area contributed by atoms with Gasteiger partial charge in [0.15, 0.2) is 0 Å². The minimum absolute atomic E-state index is 0.460. The van der Waals surface area contributed by atoms with E-state index in [0.29, 0.717) is 17.7 Å². The molecule has 0 radical (unpaired) electrons. The van der Waals surface area contributed by atoms with Crippen molar-refractivity contribution in [3.63, 3.8) is 0 Å². The van der Waals surface area contributed by atoms with Gasteiger partial charge in [-0.1, -0.05) is 26.0 Å². The van der Waals surface area contributed by atoms with Gasteiger partial charge >= 0.3 is 0 Å². The highest BCUT2D eigenvalue weighted by atomic mass is 15.1. The van der Waals surface area contributed by atoms with E-state index in [4.69, 9.17) is 5.73 Å². The molecule has 1 heterocycles. The summed E-state index contributed by atoms with van der Waals surface area (Å²) in [5.41, 5.74) is 7.85. The van der Waals surface area contributed by atoms with E-state index in [2.05, 4.69) is 41.3 Å². The van der Waals surface area contributed by atoms with Crippen molar-refractivity contribution in [2.45, 2.75) is 19.8 Å². The number of benzene rings is 1. The number of nitrogens with two attached hydrogens (primary N) is 1. The van der Waals surface area contributed by atoms with Crippen molar-refractivity contribution in [3.8, 4) is 0 Å². The Hall–Kier alpha value is -2.10. The zero-order valence-electron chi connectivity index (χ0n) is 10.0. The fraction of sp³-hybridized carbons (Fsp3) is 0.231. The molecule has 88 valence electrons. The monoisotopic (exact) mass is 228 g/mol. The Morgan fingerprint density at radius 2 is 1.82 bits per heavy atom. The number of anilines is 3. The van der Waals surface area contributed by atoms with Gasteiger partial charge in [-0.2, -0.15) is 4.98 Å². The molecule has 0 atom stereocenters. The molecular formula is C13H16N4. The molecule has 2 rings (SSSR count). The van der Waals surface area contributed by atoms with Crippen LogP contribution in [-0.2, 0) is 0 Å². The predicted molar refractivity (Wildman–Crippen MR) is 70.3 cm³/mol. The minimum Gasteiger partial charge on any atom is -0.384 e. The van der Waals surface area contributed by atoms with Gasteiger partial charge in [-0.3, -0.25) is 0 Å². The maximum atomic E-state index is 5.58. The van der Waals surface area contributed by atoms with Crippen molar-refractivity contribution in [2.24, 2.45) is 0 Å². The SMILES string of the molecule is CC(C)c1ccc(Nc2nccc(N)n2)cc1. The van der Waals surface area contributed by atoms with Crippen LogP contribution in [0.25, 0.3) is 0 Å². The topological polar surface area (TPSA) is 63.8 Å². The Morgan fingerprint density at radius 3 is 2.41 bits per heavy atom. The van der Waals surface area contributed by atoms with E-state index in [9.17, 15) is 0 Å². The molecule has 3 N–H and O–H groups in total. The third-order valence-electron chi connectivity index (χ3n) is 2.51. The zero-order chi connectivity index (χ0) is 12.3. The van der Waals surface area contributed by atoms with Gasteiger partial charge in [-0.25, -0.2) is 4.98 Å². The van der Waals surface area contributed by atoms with Crippen LogP contribution < -0.4 is 11.1 Å². The summed E-state index contributed by atoms with van der Waals surface area (Å²) in [5, 5.41) is 3.11. The number of nitrogens with one attached hydrogen (secondary N) is 1. The summed E-state index contributed by atoms with van der Waals surface area (Å²) < 4.78 is 0. The van der Waals surface area contributed by atoms with E-state index in [1.807, 2.05) is 12.1 Å². The van der Waals surface area contributed by atoms with Crippen molar-refractivity contribution in [2.75, 3.05) is 11.1 Å². The highest BCUT2D eigenvalue weighted by molar-refractivity contribution is 5.54. The van der Waals surface area contributed by atoms with Gasteiger partial charge in [-0.05, 0) is 29.7 Å². The molecule has 0 spiro atoms. The van der Waals surface area contributed by atoms with Crippen molar-refractivity contribution in [3.05, 3.63) is 42.1 Å². The van der Waals surface area contributed by atoms with Gasteiger partial charge in [0.1, 0.15) is 5.82 Å². The Labute approximate surface area is 101 Å². The molecule has 4 nitrogen and oxygen atoms in total. The summed E-state index contributed by atoms with van der Waals surface area (Å²) in [6, 6.07) is 9.88. The van der Waals surface area contributed by atoms with Crippen molar-refractivity contribution in [1.82, 2.24) is 9.97 Å². The number of aromatic nitrogens is 2. The number of hydrogen-bond acceptors (Lipinski definition) is 4. The molecule has 0 aliphatic rings. The smallest absolute Gasteiger partial charge is 0.229 e. The van der Waals surface area contributed by atoms with Crippen LogP contribution in [0.3, 0.4) is 0 Å². The van der Waals surface area contributed by atoms with Gasteiger partial charge in [-0.15, -0.1) is 0 Å². The Balaban J connectivity index is 2.14. The summed E-state index contributed by atoms with van der Waals surface area (Å²) in [7, 11) is 0. The van der Waals surface area contributed by atoms with Crippen LogP contribution >= 0.6 is 0 Å². The van der Waals surface area contributed by atoms with Crippen molar-refractivity contribution < 1.29 is 0 Å². The van der Waals surface area contributed by atoms with E-state index in [0.717, 1.165) is 5.69 Å². The summed E-state index contributed by atoms with van der Waals surface area (Å²) in [4.78, 5) is 8.17. The van der Waals surface area contributed by atoms with Crippen LogP contribution in [0.15, 0.2) is 36.5 Å². The van der Waals surface area contributed by atoms with E-state index in [-0.39, 0.29) is 0 Å². The first-order valence-electron chi connectivity index (χ1n) is 5.60. The highest BCUT2D eigenvalue weighted by Gasteiger charge is 2.00. The first kappa shape index (κ1) is 11.4. The average molecular weight is 228 g/mol. The predicted octanol–water partition coefficient (Wildman–Crippen LogP) is 2.93. The molecule has 0 fully saturated rings. The fourth-order valence-corrected chi connectivity index (χ4v) is 1.51. The van der Waals surface area contributed by atoms with Crippen LogP contribution in [0.2, 0.25) is 0 Å². The Kier molecular flexibility index (Phi) is 3.23. The second kappa shape index (κ2) is 4.82. The molecule has 1 aromatic carbocycles. The molecule has 0 bridgehead atoms. The summed E-state index contributed by atoms with van der Waals surface area (Å²) >= 11 is 0. The Bertz CT molecular complexity index is 491. The molecule has 2 aromatic rings. The highest BCUT2D eigenvalue weighted by Crippen LogP contribution is 2.19. The normalized spacial score (nSPS) is 10.5. The molecule has 0 amide bonds. The van der Waals surface area contributed by atoms with Crippen LogP contribution in [0.4, 0.5) is 17.5 Å². The van der Waals surface area contributed by atoms with Gasteiger partial charge in [0.05, 0.1) is 0 Å². The standard InChI is InChI=1S/C13H16N4/c1-9(2)10-3-5-11(6-4-10)16-13-15-8-7-12(14)17-13/h3-9H,1-2H3,(H3,14,15,16,17). The van der Waals surface area contributed by atoms with Gasteiger partial charge in [0, 0.05) is 11.9 Å². The van der Waals surface area contributed by atoms with Gasteiger partial charge < -0.3 is 11.1 Å². The maximum absolute atomic E-state index is 5.58. The maximum Gasteiger partial charge on any atom is 0.229 e. The lowest BCUT2D eigenvalue weighted by Gasteiger charge is -2.08. The summed E-state index contributed by atoms with van der Waals surface area (Å²) in [6.45, 7) is 4.34. The van der Waals surface area contributed by atoms with E-state index in [1.54, 1.807) is 12.3 Å². The summed E-state index contributed by atoms with van der Waals surface area (Å²) in [6.07, 6.45) is 1.63. The molecule has 1 aromatic heterocycles. The molecule has 0 saturated carbocycles. The number of nitrogens with zero attached hydrogens (tertiary/aromatic N) is 2. The van der Waals surface area contributed by atoms with Crippen molar-refractivity contribution >= 4 is 17.5 Å². The minimum atomic E-state index is 0.460. The quantitative estimate of drug-likeness (QED) is 0.847. The number of rotatable bonds is 3. The molecule has 0 saturated heterocycles. The van der Waals surface area contributed by atoms with Crippen LogP contribution in [0, 0.1) is 0 Å². The third-order valence-corrected chi connectivity index (χ3v) is 2.51. The van der Waals surface area contributed by atoms with Crippen LogP contribution in [-0.4, -0.2) is 9.97 Å². The van der Waals surface area contributed by atoms with E-state index >= 15 is 0 Å². The molecule has 4 heteroatoms. The third kappa shape index (κ3) is 2.93. The summed E-state index contributed by atoms with van der Waals surface area (Å²) in [5.74, 6) is 1.51. The lowest BCUT2D eigenvalue weighted by atomic mass is 10.0. The van der Waals surface area contributed by atoms with Crippen LogP contribution in [0.5, 0.6) is 0 Å². The first-order chi connectivity index (χ1) is 8.15. The van der Waals surface area contributed by atoms with Crippen molar-refractivity contribution in [1.29, 1.82) is 0 Å². The molecule has 0 aliphatic carbocycles. The Morgan fingerprint density at radius 1 is 1.12 bits per heavy atom. The molecule has 17 heavy (non-hydrogen) atoms. The molecular weight excluding hydrogens is 212 g/mol. The fourth-order valence-electron chi connectivity index (χ4n) is 1.51. The zero-order valence-corrected chi connectivity index (χ0v) is 10.0. The number of hydrogen-bond donors (Lipinski definition) is 2. The second-order valence-electron chi connectivity index (χ2n) is 4.21. The number of nitrogen functional groups attached to an aromatic ring is 1. The molecule has 0 aliphatic heterocycles. The lowest BCUT2D eigenvalue weighted by molar-refractivity contribution is 0.867. The van der Waals surface area contributed by atoms with E-state index < -0.39 is 0 Å².